The molecule has 4 nitrogen and oxygen atoms in total. The molecule has 1 N–H and O–H groups in total. The van der Waals surface area contributed by atoms with Crippen LogP contribution in [-0.2, 0) is 4.79 Å². The van der Waals surface area contributed by atoms with Crippen molar-refractivity contribution in [1.82, 2.24) is 10.2 Å². The van der Waals surface area contributed by atoms with E-state index in [-0.39, 0.29) is 12.1 Å². The number of thioether (sulfide) groups is 1. The molecule has 1 aliphatic heterocycles. The van der Waals surface area contributed by atoms with Crippen molar-refractivity contribution >= 4 is 17.7 Å². The number of ether oxygens (including phenoxy) is 1. The summed E-state index contributed by atoms with van der Waals surface area (Å²) in [5, 5.41) is 3.25. The third kappa shape index (κ3) is 3.55. The van der Waals surface area contributed by atoms with Crippen LogP contribution in [0.25, 0.3) is 0 Å². The molecule has 0 aliphatic carbocycles. The van der Waals surface area contributed by atoms with Crippen LogP contribution in [0.1, 0.15) is 11.7 Å². The average molecular weight is 292 g/mol. The molecule has 1 fully saturated rings. The van der Waals surface area contributed by atoms with E-state index in [1.165, 1.54) is 0 Å². The molecule has 5 heteroatoms. The van der Waals surface area contributed by atoms with Crippen LogP contribution in [0.2, 0.25) is 0 Å². The molecule has 2 rings (SSSR count). The predicted molar refractivity (Wildman–Crippen MR) is 83.0 cm³/mol. The molecule has 0 aromatic heterocycles. The van der Waals surface area contributed by atoms with Crippen LogP contribution in [0.3, 0.4) is 0 Å². The number of rotatable bonds is 7. The molecule has 20 heavy (non-hydrogen) atoms. The molecule has 1 aliphatic rings. The van der Waals surface area contributed by atoms with Gasteiger partial charge in [-0.1, -0.05) is 24.8 Å². The summed E-state index contributed by atoms with van der Waals surface area (Å²) in [4.78, 5) is 13.8. The van der Waals surface area contributed by atoms with E-state index in [1.54, 1.807) is 17.8 Å². The number of benzene rings is 1. The lowest BCUT2D eigenvalue weighted by Gasteiger charge is -2.24. The number of amides is 1. The summed E-state index contributed by atoms with van der Waals surface area (Å²) < 4.78 is 5.46. The monoisotopic (exact) mass is 292 g/mol. The summed E-state index contributed by atoms with van der Waals surface area (Å²) in [7, 11) is 0. The molecule has 1 unspecified atom stereocenters. The molecule has 0 bridgehead atoms. The zero-order valence-electron chi connectivity index (χ0n) is 11.7. The Morgan fingerprint density at radius 3 is 2.90 bits per heavy atom. The van der Waals surface area contributed by atoms with E-state index < -0.39 is 0 Å². The number of nitrogens with zero attached hydrogens (tertiary/aromatic N) is 1. The van der Waals surface area contributed by atoms with Crippen molar-refractivity contribution in [2.24, 2.45) is 0 Å². The molecule has 108 valence electrons. The maximum Gasteiger partial charge on any atom is 0.238 e. The fourth-order valence-corrected chi connectivity index (χ4v) is 2.56. The van der Waals surface area contributed by atoms with Crippen LogP contribution in [0, 0.1) is 0 Å². The molecule has 0 radical (unpaired) electrons. The fraction of sp³-hybridized carbons (Fsp3) is 0.400. The third-order valence-electron chi connectivity index (χ3n) is 3.18. The number of carbonyl (C=O) groups excluding carboxylic acids is 1. The summed E-state index contributed by atoms with van der Waals surface area (Å²) in [6, 6.07) is 7.85. The largest absolute Gasteiger partial charge is 0.490 e. The minimum absolute atomic E-state index is 0.0249. The third-order valence-corrected chi connectivity index (χ3v) is 3.77. The second kappa shape index (κ2) is 7.36. The number of hydrogen-bond donors (Lipinski definition) is 1. The van der Waals surface area contributed by atoms with Gasteiger partial charge < -0.3 is 9.64 Å². The van der Waals surface area contributed by atoms with Crippen molar-refractivity contribution in [2.45, 2.75) is 6.17 Å². The van der Waals surface area contributed by atoms with Gasteiger partial charge in [0.2, 0.25) is 5.91 Å². The molecule has 1 aromatic carbocycles. The van der Waals surface area contributed by atoms with Crippen LogP contribution in [0.4, 0.5) is 0 Å². The number of hydrogen-bond acceptors (Lipinski definition) is 4. The molecule has 1 heterocycles. The van der Waals surface area contributed by atoms with Crippen molar-refractivity contribution < 1.29 is 9.53 Å². The standard InChI is InChI=1S/C15H20N2O2S/c1-3-9-19-13-6-4-12(5-7-13)15-16-11-14(18)17(15)8-10-20-2/h3-7,15-16H,1,8-11H2,2H3. The van der Waals surface area contributed by atoms with Crippen molar-refractivity contribution in [3.63, 3.8) is 0 Å². The van der Waals surface area contributed by atoms with Crippen LogP contribution in [0.5, 0.6) is 5.75 Å². The Morgan fingerprint density at radius 2 is 2.25 bits per heavy atom. The van der Waals surface area contributed by atoms with Crippen LogP contribution >= 0.6 is 11.8 Å². The van der Waals surface area contributed by atoms with E-state index in [4.69, 9.17) is 4.74 Å². The van der Waals surface area contributed by atoms with Gasteiger partial charge in [-0.25, -0.2) is 0 Å². The Morgan fingerprint density at radius 1 is 1.50 bits per heavy atom. The Bertz CT molecular complexity index is 461. The Balaban J connectivity index is 2.05. The Labute approximate surface area is 124 Å². The van der Waals surface area contributed by atoms with E-state index in [2.05, 4.69) is 18.2 Å². The zero-order chi connectivity index (χ0) is 14.4. The molecule has 1 saturated heterocycles. The second-order valence-electron chi connectivity index (χ2n) is 4.53. The summed E-state index contributed by atoms with van der Waals surface area (Å²) in [5.41, 5.74) is 1.09. The van der Waals surface area contributed by atoms with Gasteiger partial charge in [-0.15, -0.1) is 0 Å². The Kier molecular flexibility index (Phi) is 5.49. The lowest BCUT2D eigenvalue weighted by molar-refractivity contribution is -0.127. The van der Waals surface area contributed by atoms with Crippen molar-refractivity contribution in [3.8, 4) is 5.75 Å². The van der Waals surface area contributed by atoms with E-state index >= 15 is 0 Å². The van der Waals surface area contributed by atoms with Gasteiger partial charge >= 0.3 is 0 Å². The molecule has 1 aromatic rings. The quantitative estimate of drug-likeness (QED) is 0.781. The smallest absolute Gasteiger partial charge is 0.238 e. The van der Waals surface area contributed by atoms with E-state index in [1.807, 2.05) is 29.2 Å². The Hall–Kier alpha value is -1.46. The van der Waals surface area contributed by atoms with Gasteiger partial charge in [-0.05, 0) is 24.0 Å². The van der Waals surface area contributed by atoms with Gasteiger partial charge in [-0.3, -0.25) is 10.1 Å². The predicted octanol–water partition coefficient (Wildman–Crippen LogP) is 2.04. The highest BCUT2D eigenvalue weighted by Crippen LogP contribution is 2.24. The first kappa shape index (κ1) is 14.9. The van der Waals surface area contributed by atoms with Gasteiger partial charge in [-0.2, -0.15) is 11.8 Å². The SMILES string of the molecule is C=CCOc1ccc(C2NCC(=O)N2CCSC)cc1. The van der Waals surface area contributed by atoms with E-state index in [0.29, 0.717) is 13.2 Å². The highest BCUT2D eigenvalue weighted by atomic mass is 32.2. The lowest BCUT2D eigenvalue weighted by atomic mass is 10.1. The van der Waals surface area contributed by atoms with Gasteiger partial charge in [0.1, 0.15) is 18.5 Å². The van der Waals surface area contributed by atoms with Crippen molar-refractivity contribution in [3.05, 3.63) is 42.5 Å². The van der Waals surface area contributed by atoms with Gasteiger partial charge in [0.05, 0.1) is 6.54 Å². The average Bonchev–Trinajstić information content (AvgIpc) is 2.84. The minimum atomic E-state index is -0.0249. The summed E-state index contributed by atoms with van der Waals surface area (Å²) >= 11 is 1.75. The van der Waals surface area contributed by atoms with E-state index in [0.717, 1.165) is 23.6 Å². The number of carbonyl (C=O) groups is 1. The number of nitrogens with one attached hydrogen (secondary N) is 1. The highest BCUT2D eigenvalue weighted by molar-refractivity contribution is 7.98. The summed E-state index contributed by atoms with van der Waals surface area (Å²) in [5.74, 6) is 1.93. The van der Waals surface area contributed by atoms with Crippen molar-refractivity contribution in [2.75, 3.05) is 31.7 Å². The van der Waals surface area contributed by atoms with E-state index in [9.17, 15) is 4.79 Å². The second-order valence-corrected chi connectivity index (χ2v) is 5.52. The lowest BCUT2D eigenvalue weighted by Crippen LogP contribution is -2.32. The normalized spacial score (nSPS) is 18.4. The maximum absolute atomic E-state index is 11.9. The van der Waals surface area contributed by atoms with Crippen molar-refractivity contribution in [1.29, 1.82) is 0 Å². The van der Waals surface area contributed by atoms with Gasteiger partial charge in [0, 0.05) is 12.3 Å². The van der Waals surface area contributed by atoms with Crippen LogP contribution < -0.4 is 10.1 Å². The first-order valence-corrected chi connectivity index (χ1v) is 8.01. The zero-order valence-corrected chi connectivity index (χ0v) is 12.5. The molecule has 0 saturated carbocycles. The molecule has 0 spiro atoms. The van der Waals surface area contributed by atoms with Crippen LogP contribution in [0.15, 0.2) is 36.9 Å². The molecule has 1 amide bonds. The first-order chi connectivity index (χ1) is 9.76. The summed E-state index contributed by atoms with van der Waals surface area (Å²) in [6.07, 6.45) is 3.74. The fourth-order valence-electron chi connectivity index (χ4n) is 2.18. The minimum Gasteiger partial charge on any atom is -0.490 e. The molecular formula is C15H20N2O2S. The first-order valence-electron chi connectivity index (χ1n) is 6.61. The van der Waals surface area contributed by atoms with Crippen LogP contribution in [-0.4, -0.2) is 42.5 Å². The highest BCUT2D eigenvalue weighted by Gasteiger charge is 2.30. The topological polar surface area (TPSA) is 41.6 Å². The molecule has 1 atom stereocenters. The summed E-state index contributed by atoms with van der Waals surface area (Å²) in [6.45, 7) is 5.30. The molecular weight excluding hydrogens is 272 g/mol. The van der Waals surface area contributed by atoms with Gasteiger partial charge in [0.15, 0.2) is 0 Å². The van der Waals surface area contributed by atoms with Gasteiger partial charge in [0.25, 0.3) is 0 Å². The maximum atomic E-state index is 11.9.